The van der Waals surface area contributed by atoms with E-state index < -0.39 is 12.1 Å². The van der Waals surface area contributed by atoms with Crippen LogP contribution in [0.2, 0.25) is 0 Å². The van der Waals surface area contributed by atoms with Crippen LogP contribution in [0, 0.1) is 0 Å². The Bertz CT molecular complexity index is 998. The van der Waals surface area contributed by atoms with Crippen LogP contribution in [0.5, 0.6) is 5.75 Å². The number of ether oxygens (including phenoxy) is 2. The van der Waals surface area contributed by atoms with Gasteiger partial charge in [0.15, 0.2) is 6.10 Å². The van der Waals surface area contributed by atoms with Gasteiger partial charge in [0.05, 0.1) is 23.8 Å². The fourth-order valence-electron chi connectivity index (χ4n) is 2.88. The number of aromatic nitrogens is 2. The van der Waals surface area contributed by atoms with Crippen molar-refractivity contribution in [1.29, 1.82) is 0 Å². The van der Waals surface area contributed by atoms with Crippen LogP contribution in [0.3, 0.4) is 0 Å². The Balaban J connectivity index is 1.57. The van der Waals surface area contributed by atoms with Gasteiger partial charge in [0.25, 0.3) is 5.56 Å². The maximum atomic E-state index is 12.4. The van der Waals surface area contributed by atoms with Gasteiger partial charge in [-0.1, -0.05) is 24.3 Å². The molecule has 2 aromatic carbocycles. The summed E-state index contributed by atoms with van der Waals surface area (Å²) in [5, 5.41) is 9.73. The number of hydrogen-bond donors (Lipinski definition) is 1. The molecule has 0 saturated heterocycles. The van der Waals surface area contributed by atoms with E-state index in [0.717, 1.165) is 5.56 Å². The number of carboxylic acid groups (broad SMARTS) is 1. The summed E-state index contributed by atoms with van der Waals surface area (Å²) in [4.78, 5) is 27.9. The number of para-hydroxylation sites is 1. The molecule has 1 heterocycles. The number of hydrogen-bond acceptors (Lipinski definition) is 5. The van der Waals surface area contributed by atoms with Gasteiger partial charge in [-0.2, -0.15) is 0 Å². The lowest BCUT2D eigenvalue weighted by Gasteiger charge is -2.13. The molecule has 7 nitrogen and oxygen atoms in total. The van der Waals surface area contributed by atoms with Crippen LogP contribution < -0.4 is 10.3 Å². The molecule has 146 valence electrons. The lowest BCUT2D eigenvalue weighted by atomic mass is 10.1. The zero-order chi connectivity index (χ0) is 19.9. The SMILES string of the molecule is CCOC(Cc1ccc(OCCn2cnc3ccccc3c2=O)cc1)C(=O)O. The molecule has 1 unspecified atom stereocenters. The molecule has 0 bridgehead atoms. The highest BCUT2D eigenvalue weighted by Gasteiger charge is 2.17. The molecule has 7 heteroatoms. The Labute approximate surface area is 162 Å². The zero-order valence-electron chi connectivity index (χ0n) is 15.6. The molecule has 3 aromatic rings. The van der Waals surface area contributed by atoms with Gasteiger partial charge < -0.3 is 14.6 Å². The maximum Gasteiger partial charge on any atom is 0.333 e. The molecule has 0 saturated carbocycles. The van der Waals surface area contributed by atoms with Crippen LogP contribution in [0.15, 0.2) is 59.7 Å². The second-order valence-electron chi connectivity index (χ2n) is 6.24. The third kappa shape index (κ3) is 4.75. The second-order valence-corrected chi connectivity index (χ2v) is 6.24. The topological polar surface area (TPSA) is 90.7 Å². The Morgan fingerprint density at radius 3 is 2.64 bits per heavy atom. The van der Waals surface area contributed by atoms with Crippen LogP contribution in [0.25, 0.3) is 10.9 Å². The third-order valence-corrected chi connectivity index (χ3v) is 4.32. The highest BCUT2D eigenvalue weighted by atomic mass is 16.5. The number of carbonyl (C=O) groups is 1. The van der Waals surface area contributed by atoms with Crippen molar-refractivity contribution in [3.05, 3.63) is 70.8 Å². The van der Waals surface area contributed by atoms with E-state index in [1.165, 1.54) is 10.9 Å². The first-order valence-corrected chi connectivity index (χ1v) is 9.09. The van der Waals surface area contributed by atoms with E-state index in [4.69, 9.17) is 14.6 Å². The molecule has 0 aliphatic heterocycles. The van der Waals surface area contributed by atoms with Crippen molar-refractivity contribution in [2.75, 3.05) is 13.2 Å². The molecule has 0 aliphatic carbocycles. The minimum Gasteiger partial charge on any atom is -0.492 e. The highest BCUT2D eigenvalue weighted by Crippen LogP contribution is 2.15. The van der Waals surface area contributed by atoms with Crippen molar-refractivity contribution in [1.82, 2.24) is 9.55 Å². The Morgan fingerprint density at radius 1 is 1.18 bits per heavy atom. The minimum absolute atomic E-state index is 0.0971. The van der Waals surface area contributed by atoms with Gasteiger partial charge in [-0.3, -0.25) is 9.36 Å². The molecule has 1 aromatic heterocycles. The van der Waals surface area contributed by atoms with Gasteiger partial charge in [-0.05, 0) is 36.8 Å². The fourth-order valence-corrected chi connectivity index (χ4v) is 2.88. The molecule has 28 heavy (non-hydrogen) atoms. The van der Waals surface area contributed by atoms with E-state index >= 15 is 0 Å². The van der Waals surface area contributed by atoms with E-state index in [1.807, 2.05) is 24.3 Å². The first kappa shape index (κ1) is 19.6. The summed E-state index contributed by atoms with van der Waals surface area (Å²) in [6.45, 7) is 2.81. The molecular weight excluding hydrogens is 360 g/mol. The van der Waals surface area contributed by atoms with E-state index in [1.54, 1.807) is 31.2 Å². The molecule has 0 amide bonds. The largest absolute Gasteiger partial charge is 0.492 e. The summed E-state index contributed by atoms with van der Waals surface area (Å²) in [5.74, 6) is -0.328. The van der Waals surface area contributed by atoms with Gasteiger partial charge in [0.1, 0.15) is 12.4 Å². The van der Waals surface area contributed by atoms with Crippen LogP contribution in [0.4, 0.5) is 0 Å². The van der Waals surface area contributed by atoms with E-state index in [0.29, 0.717) is 42.8 Å². The molecule has 0 fully saturated rings. The molecule has 1 atom stereocenters. The summed E-state index contributed by atoms with van der Waals surface area (Å²) < 4.78 is 12.4. The summed E-state index contributed by atoms with van der Waals surface area (Å²) in [6.07, 6.45) is 0.961. The number of fused-ring (bicyclic) bond motifs is 1. The molecular formula is C21H22N2O5. The van der Waals surface area contributed by atoms with Crippen molar-refractivity contribution in [2.24, 2.45) is 0 Å². The van der Waals surface area contributed by atoms with Gasteiger partial charge in [0.2, 0.25) is 0 Å². The Hall–Kier alpha value is -3.19. The van der Waals surface area contributed by atoms with Crippen molar-refractivity contribution in [3.63, 3.8) is 0 Å². The van der Waals surface area contributed by atoms with Crippen LogP contribution >= 0.6 is 0 Å². The minimum atomic E-state index is -0.975. The van der Waals surface area contributed by atoms with Crippen LogP contribution in [-0.4, -0.2) is 39.9 Å². The average Bonchev–Trinajstić information content (AvgIpc) is 2.70. The number of rotatable bonds is 9. The number of aliphatic carboxylic acids is 1. The van der Waals surface area contributed by atoms with E-state index in [-0.39, 0.29) is 5.56 Å². The molecule has 0 spiro atoms. The standard InChI is InChI=1S/C21H22N2O5/c1-2-27-19(21(25)26)13-15-7-9-16(10-8-15)28-12-11-23-14-22-18-6-4-3-5-17(18)20(23)24/h3-10,14,19H,2,11-13H2,1H3,(H,25,26). The normalized spacial score (nSPS) is 12.0. The Morgan fingerprint density at radius 2 is 1.93 bits per heavy atom. The highest BCUT2D eigenvalue weighted by molar-refractivity contribution is 5.76. The van der Waals surface area contributed by atoms with Gasteiger partial charge in [-0.15, -0.1) is 0 Å². The Kier molecular flexibility index (Phi) is 6.39. The summed E-state index contributed by atoms with van der Waals surface area (Å²) in [5.41, 5.74) is 1.43. The molecule has 0 radical (unpaired) electrons. The molecule has 0 aliphatic rings. The number of nitrogens with zero attached hydrogens (tertiary/aromatic N) is 2. The predicted molar refractivity (Wildman–Crippen MR) is 105 cm³/mol. The third-order valence-electron chi connectivity index (χ3n) is 4.32. The van der Waals surface area contributed by atoms with Crippen molar-refractivity contribution < 1.29 is 19.4 Å². The van der Waals surface area contributed by atoms with E-state index in [2.05, 4.69) is 4.98 Å². The van der Waals surface area contributed by atoms with E-state index in [9.17, 15) is 9.59 Å². The van der Waals surface area contributed by atoms with Crippen LogP contribution in [-0.2, 0) is 22.5 Å². The summed E-state index contributed by atoms with van der Waals surface area (Å²) >= 11 is 0. The molecule has 1 N–H and O–H groups in total. The van der Waals surface area contributed by atoms with Crippen molar-refractivity contribution in [2.45, 2.75) is 26.0 Å². The number of carboxylic acids is 1. The fraction of sp³-hybridized carbons (Fsp3) is 0.286. The number of benzene rings is 2. The lowest BCUT2D eigenvalue weighted by molar-refractivity contribution is -0.149. The summed E-state index contributed by atoms with van der Waals surface area (Å²) in [6, 6.07) is 14.4. The zero-order valence-corrected chi connectivity index (χ0v) is 15.6. The predicted octanol–water partition coefficient (Wildman–Crippen LogP) is 2.51. The monoisotopic (exact) mass is 382 g/mol. The van der Waals surface area contributed by atoms with Crippen molar-refractivity contribution >= 4 is 16.9 Å². The van der Waals surface area contributed by atoms with Crippen LogP contribution in [0.1, 0.15) is 12.5 Å². The van der Waals surface area contributed by atoms with Gasteiger partial charge >= 0.3 is 5.97 Å². The summed E-state index contributed by atoms with van der Waals surface area (Å²) in [7, 11) is 0. The second kappa shape index (κ2) is 9.14. The first-order valence-electron chi connectivity index (χ1n) is 9.09. The first-order chi connectivity index (χ1) is 13.6. The van der Waals surface area contributed by atoms with Gasteiger partial charge in [0, 0.05) is 13.0 Å². The van der Waals surface area contributed by atoms with Gasteiger partial charge in [-0.25, -0.2) is 9.78 Å². The smallest absolute Gasteiger partial charge is 0.333 e. The molecule has 3 rings (SSSR count). The lowest BCUT2D eigenvalue weighted by Crippen LogP contribution is -2.26. The quantitative estimate of drug-likeness (QED) is 0.612. The average molecular weight is 382 g/mol. The maximum absolute atomic E-state index is 12.4. The van der Waals surface area contributed by atoms with Crippen molar-refractivity contribution in [3.8, 4) is 5.75 Å².